The van der Waals surface area contributed by atoms with E-state index in [-0.39, 0.29) is 0 Å². The Balaban J connectivity index is 0.000000145. The molecular formula is C96H62N2O4. The minimum Gasteiger partial charge on any atom is -0.456 e. The maximum absolute atomic E-state index is 6.11. The Labute approximate surface area is 588 Å². The van der Waals surface area contributed by atoms with Crippen molar-refractivity contribution in [2.24, 2.45) is 0 Å². The number of benzene rings is 16. The van der Waals surface area contributed by atoms with Gasteiger partial charge in [-0.2, -0.15) is 0 Å². The van der Waals surface area contributed by atoms with Crippen LogP contribution in [0.5, 0.6) is 0 Å². The van der Waals surface area contributed by atoms with Crippen LogP contribution in [0.2, 0.25) is 0 Å². The zero-order valence-electron chi connectivity index (χ0n) is 55.3. The maximum Gasteiger partial charge on any atom is 0.135 e. The summed E-state index contributed by atoms with van der Waals surface area (Å²) in [7, 11) is 0. The van der Waals surface area contributed by atoms with Crippen LogP contribution < -0.4 is 9.80 Å². The molecule has 16 aromatic carbocycles. The summed E-state index contributed by atoms with van der Waals surface area (Å²) in [5.41, 5.74) is 27.9. The molecule has 0 aliphatic heterocycles. The molecule has 0 aliphatic carbocycles. The molecule has 0 radical (unpaired) electrons. The molecule has 20 rings (SSSR count). The van der Waals surface area contributed by atoms with E-state index in [0.29, 0.717) is 0 Å². The van der Waals surface area contributed by atoms with Gasteiger partial charge in [0.05, 0.1) is 0 Å². The van der Waals surface area contributed by atoms with Crippen molar-refractivity contribution in [1.29, 1.82) is 0 Å². The highest BCUT2D eigenvalue weighted by atomic mass is 16.3. The zero-order chi connectivity index (χ0) is 67.5. The largest absolute Gasteiger partial charge is 0.456 e. The predicted octanol–water partition coefficient (Wildman–Crippen LogP) is 27.9. The van der Waals surface area contributed by atoms with E-state index in [9.17, 15) is 0 Å². The summed E-state index contributed by atoms with van der Waals surface area (Å²) in [6.45, 7) is 0. The molecule has 480 valence electrons. The molecule has 4 heterocycles. The Hall–Kier alpha value is -13.7. The molecule has 4 aromatic heterocycles. The minimum atomic E-state index is 0.903. The second kappa shape index (κ2) is 25.3. The van der Waals surface area contributed by atoms with Crippen LogP contribution in [0.15, 0.2) is 394 Å². The molecule has 0 N–H and O–H groups in total. The first kappa shape index (κ1) is 59.6. The number of nitrogens with zero attached hydrogens (tertiary/aromatic N) is 2. The Bertz CT molecular complexity index is 6130. The highest BCUT2D eigenvalue weighted by molar-refractivity contribution is 6.09. The Morgan fingerprint density at radius 3 is 0.569 bits per heavy atom. The summed E-state index contributed by atoms with van der Waals surface area (Å²) in [6.07, 6.45) is 0. The Morgan fingerprint density at radius 1 is 0.127 bits per heavy atom. The highest BCUT2D eigenvalue weighted by Crippen LogP contribution is 2.43. The lowest BCUT2D eigenvalue weighted by Crippen LogP contribution is -2.09. The molecule has 0 saturated carbocycles. The number of furan rings is 4. The highest BCUT2D eigenvalue weighted by Gasteiger charge is 2.19. The predicted molar refractivity (Wildman–Crippen MR) is 424 cm³/mol. The van der Waals surface area contributed by atoms with Gasteiger partial charge < -0.3 is 27.5 Å². The summed E-state index contributed by atoms with van der Waals surface area (Å²) < 4.78 is 24.3. The topological polar surface area (TPSA) is 59.0 Å². The first-order valence-corrected chi connectivity index (χ1v) is 34.5. The van der Waals surface area contributed by atoms with Crippen LogP contribution in [-0.2, 0) is 0 Å². The lowest BCUT2D eigenvalue weighted by Gasteiger charge is -2.26. The van der Waals surface area contributed by atoms with E-state index >= 15 is 0 Å². The van der Waals surface area contributed by atoms with E-state index in [1.807, 2.05) is 48.5 Å². The van der Waals surface area contributed by atoms with Crippen molar-refractivity contribution < 1.29 is 17.7 Å². The average molecular weight is 1310 g/mol. The first-order chi connectivity index (χ1) is 50.5. The first-order valence-electron chi connectivity index (χ1n) is 34.5. The van der Waals surface area contributed by atoms with Crippen molar-refractivity contribution >= 4 is 122 Å². The molecule has 6 heteroatoms. The van der Waals surface area contributed by atoms with Crippen molar-refractivity contribution in [3.8, 4) is 66.8 Å². The third-order valence-electron chi connectivity index (χ3n) is 19.8. The van der Waals surface area contributed by atoms with Crippen molar-refractivity contribution in [2.45, 2.75) is 0 Å². The zero-order valence-corrected chi connectivity index (χ0v) is 55.3. The van der Waals surface area contributed by atoms with E-state index in [4.69, 9.17) is 17.7 Å². The number of fused-ring (bicyclic) bond motifs is 12. The second-order valence-electron chi connectivity index (χ2n) is 25.9. The van der Waals surface area contributed by atoms with Gasteiger partial charge in [-0.3, -0.25) is 0 Å². The molecule has 6 nitrogen and oxygen atoms in total. The van der Waals surface area contributed by atoms with Gasteiger partial charge in [0, 0.05) is 77.2 Å². The summed E-state index contributed by atoms with van der Waals surface area (Å²) in [5.74, 6) is 0. The summed E-state index contributed by atoms with van der Waals surface area (Å²) >= 11 is 0. The fraction of sp³-hybridized carbons (Fsp3) is 0. The summed E-state index contributed by atoms with van der Waals surface area (Å²) in [5, 5.41) is 9.08. The summed E-state index contributed by atoms with van der Waals surface area (Å²) in [6, 6.07) is 133. The standard InChI is InChI=1S/C54H35NO2.C42H27NO2/c1-2-8-36(9-3-1)37-14-16-38(17-15-37)39-18-26-44(27-19-39)55(45-28-20-40(21-29-45)42-24-32-53-49(34-42)47-10-4-6-12-51(47)56-53)46-30-22-41(23-31-46)43-25-33-54-50(35-43)48-11-5-7-13-52(48)57-54;1-2-8-32(9-3-1)43(33-20-14-28(15-21-33)30-18-24-41-37(26-30)35-10-4-6-12-39(35)44-41)34-22-16-29(17-23-34)31-19-25-42-38(27-31)36-11-5-7-13-40(36)45-42/h1-35H;1-27H. The van der Waals surface area contributed by atoms with Gasteiger partial charge in [0.2, 0.25) is 0 Å². The van der Waals surface area contributed by atoms with E-state index in [1.165, 1.54) is 33.4 Å². The van der Waals surface area contributed by atoms with Gasteiger partial charge in [0.15, 0.2) is 0 Å². The van der Waals surface area contributed by atoms with E-state index in [0.717, 1.165) is 155 Å². The van der Waals surface area contributed by atoms with Crippen LogP contribution in [0.1, 0.15) is 0 Å². The molecule has 20 aromatic rings. The number of rotatable bonds is 12. The van der Waals surface area contributed by atoms with Gasteiger partial charge in [0.25, 0.3) is 0 Å². The van der Waals surface area contributed by atoms with Crippen LogP contribution in [0.4, 0.5) is 34.1 Å². The third kappa shape index (κ3) is 11.1. The second-order valence-corrected chi connectivity index (χ2v) is 25.9. The molecule has 0 atom stereocenters. The monoisotopic (exact) mass is 1310 g/mol. The van der Waals surface area contributed by atoms with Crippen LogP contribution in [0.3, 0.4) is 0 Å². The molecule has 102 heavy (non-hydrogen) atoms. The Morgan fingerprint density at radius 2 is 0.304 bits per heavy atom. The molecule has 0 fully saturated rings. The van der Waals surface area contributed by atoms with E-state index in [2.05, 4.69) is 337 Å². The van der Waals surface area contributed by atoms with Gasteiger partial charge in [-0.05, 0) is 212 Å². The van der Waals surface area contributed by atoms with Crippen molar-refractivity contribution in [3.63, 3.8) is 0 Å². The van der Waals surface area contributed by atoms with Gasteiger partial charge in [-0.15, -0.1) is 0 Å². The molecule has 0 aliphatic rings. The molecule has 0 saturated heterocycles. The fourth-order valence-electron chi connectivity index (χ4n) is 14.6. The fourth-order valence-corrected chi connectivity index (χ4v) is 14.6. The normalized spacial score (nSPS) is 11.5. The summed E-state index contributed by atoms with van der Waals surface area (Å²) in [4.78, 5) is 4.63. The van der Waals surface area contributed by atoms with Crippen LogP contribution in [-0.4, -0.2) is 0 Å². The van der Waals surface area contributed by atoms with Crippen molar-refractivity contribution in [3.05, 3.63) is 376 Å². The third-order valence-corrected chi connectivity index (χ3v) is 19.8. The van der Waals surface area contributed by atoms with Gasteiger partial charge in [0.1, 0.15) is 44.7 Å². The van der Waals surface area contributed by atoms with E-state index < -0.39 is 0 Å². The van der Waals surface area contributed by atoms with Crippen LogP contribution >= 0.6 is 0 Å². The average Bonchev–Trinajstić information content (AvgIpc) is 1.46. The molecule has 0 unspecified atom stereocenters. The van der Waals surface area contributed by atoms with Gasteiger partial charge in [-0.1, -0.05) is 231 Å². The minimum absolute atomic E-state index is 0.903. The number of hydrogen-bond acceptors (Lipinski definition) is 6. The maximum atomic E-state index is 6.11. The molecule has 0 spiro atoms. The van der Waals surface area contributed by atoms with Gasteiger partial charge >= 0.3 is 0 Å². The Kier molecular flexibility index (Phi) is 14.8. The molecular weight excluding hydrogens is 1250 g/mol. The lowest BCUT2D eigenvalue weighted by molar-refractivity contribution is 0.668. The van der Waals surface area contributed by atoms with Crippen molar-refractivity contribution in [2.75, 3.05) is 9.80 Å². The van der Waals surface area contributed by atoms with Crippen LogP contribution in [0.25, 0.3) is 155 Å². The molecule has 0 amide bonds. The van der Waals surface area contributed by atoms with Gasteiger partial charge in [-0.25, -0.2) is 0 Å². The smallest absolute Gasteiger partial charge is 0.135 e. The quantitative estimate of drug-likeness (QED) is 0.121. The number of hydrogen-bond donors (Lipinski definition) is 0. The molecule has 0 bridgehead atoms. The lowest BCUT2D eigenvalue weighted by atomic mass is 9.99. The van der Waals surface area contributed by atoms with Crippen molar-refractivity contribution in [1.82, 2.24) is 0 Å². The van der Waals surface area contributed by atoms with Crippen LogP contribution in [0, 0.1) is 0 Å². The van der Waals surface area contributed by atoms with E-state index in [1.54, 1.807) is 0 Å². The number of anilines is 6. The number of para-hydroxylation sites is 5. The SMILES string of the molecule is c1ccc(-c2ccc(-c3ccc(N(c4ccc(-c5ccc6oc7ccccc7c6c5)cc4)c4ccc(-c5ccc6oc7ccccc7c6c5)cc4)cc3)cc2)cc1.c1ccc(N(c2ccc(-c3ccc4oc5ccccc5c4c3)cc2)c2ccc(-c3ccc4oc5ccccc5c4c3)cc2)cc1.